The zero-order valence-electron chi connectivity index (χ0n) is 21.4. The van der Waals surface area contributed by atoms with E-state index in [4.69, 9.17) is 9.10 Å². The van der Waals surface area contributed by atoms with Gasteiger partial charge in [0, 0.05) is 9.30 Å². The van der Waals surface area contributed by atoms with Gasteiger partial charge in [0.2, 0.25) is 0 Å². The lowest BCUT2D eigenvalue weighted by molar-refractivity contribution is -0.662. The van der Waals surface area contributed by atoms with E-state index in [1.54, 1.807) is 0 Å². The van der Waals surface area contributed by atoms with Crippen LogP contribution in [0.1, 0.15) is 15.2 Å². The quantitative estimate of drug-likeness (QED) is 0.434. The van der Waals surface area contributed by atoms with Crippen LogP contribution in [0.3, 0.4) is 0 Å². The maximum Gasteiger partial charge on any atom is 0.329 e. The average Bonchev–Trinajstić information content (AvgIpc) is 2.71. The van der Waals surface area contributed by atoms with Crippen molar-refractivity contribution in [2.24, 2.45) is 7.05 Å². The maximum atomic E-state index is 8.12. The van der Waals surface area contributed by atoms with Crippen LogP contribution >= 0.6 is 0 Å². The summed E-state index contributed by atoms with van der Waals surface area (Å²) in [5.74, 6) is 0.933. The largest absolute Gasteiger partial charge is 0.329 e. The highest BCUT2D eigenvalue weighted by molar-refractivity contribution is 7.02. The molecule has 2 aromatic carbocycles. The van der Waals surface area contributed by atoms with Crippen molar-refractivity contribution >= 4 is 26.7 Å². The van der Waals surface area contributed by atoms with Crippen LogP contribution in [0.15, 0.2) is 48.7 Å². The number of hydrogen-bond acceptors (Lipinski definition) is 1. The van der Waals surface area contributed by atoms with Crippen molar-refractivity contribution in [2.75, 3.05) is 0 Å². The molecule has 0 spiro atoms. The Bertz CT molecular complexity index is 1190. The summed E-state index contributed by atoms with van der Waals surface area (Å²) in [5, 5.41) is 2.86. The molecule has 0 N–H and O–H groups in total. The monoisotopic (exact) mass is 420 g/mol. The molecule has 0 bridgehead atoms. The predicted molar refractivity (Wildman–Crippen MR) is 130 cm³/mol. The number of benzene rings is 2. The molecular weight excluding hydrogens is 384 g/mol. The number of aromatic nitrogens is 2. The number of fused-ring (bicyclic) bond motifs is 1. The van der Waals surface area contributed by atoms with Crippen molar-refractivity contribution in [2.45, 2.75) is 52.1 Å². The van der Waals surface area contributed by atoms with Gasteiger partial charge in [-0.2, -0.15) is 0 Å². The second-order valence-electron chi connectivity index (χ2n) is 9.78. The third-order valence-electron chi connectivity index (χ3n) is 6.57. The SMILES string of the molecule is [2H]C([2H])([2H])c1cc(C)c(-c2nc3c(c[n+]2C)[Si](C)(C)CC[Si]3(C)C)cc1-c1ccccc1. The Morgan fingerprint density at radius 3 is 2.31 bits per heavy atom. The fraction of sp³-hybridized carbons (Fsp3) is 0.360. The van der Waals surface area contributed by atoms with E-state index in [9.17, 15) is 0 Å². The molecule has 0 fully saturated rings. The Morgan fingerprint density at radius 2 is 1.62 bits per heavy atom. The molecule has 1 aliphatic heterocycles. The topological polar surface area (TPSA) is 16.8 Å². The van der Waals surface area contributed by atoms with Crippen molar-refractivity contribution in [3.8, 4) is 22.5 Å². The van der Waals surface area contributed by atoms with Crippen molar-refractivity contribution in [3.05, 3.63) is 59.8 Å². The first kappa shape index (κ1) is 16.7. The summed E-state index contributed by atoms with van der Waals surface area (Å²) in [5.41, 5.74) is 4.04. The van der Waals surface area contributed by atoms with Gasteiger partial charge in [-0.3, -0.25) is 0 Å². The fourth-order valence-electron chi connectivity index (χ4n) is 4.51. The molecule has 2 heterocycles. The molecule has 1 aliphatic rings. The Hall–Kier alpha value is -2.05. The van der Waals surface area contributed by atoms with E-state index < -0.39 is 23.0 Å². The Kier molecular flexibility index (Phi) is 4.05. The molecule has 0 amide bonds. The van der Waals surface area contributed by atoms with Gasteiger partial charge in [0.05, 0.1) is 26.9 Å². The minimum absolute atomic E-state index is 0.397. The first-order chi connectivity index (χ1) is 14.8. The molecule has 4 rings (SSSR count). The lowest BCUT2D eigenvalue weighted by Crippen LogP contribution is -2.67. The van der Waals surface area contributed by atoms with Crippen LogP contribution in [0.2, 0.25) is 38.3 Å². The van der Waals surface area contributed by atoms with Crippen LogP contribution in [-0.2, 0) is 7.05 Å². The summed E-state index contributed by atoms with van der Waals surface area (Å²) < 4.78 is 26.5. The minimum atomic E-state index is -2.18. The summed E-state index contributed by atoms with van der Waals surface area (Å²) in [6.45, 7) is 9.62. The second-order valence-corrected chi connectivity index (χ2v) is 19.3. The Labute approximate surface area is 181 Å². The molecule has 3 aromatic rings. The molecule has 0 saturated heterocycles. The zero-order valence-corrected chi connectivity index (χ0v) is 20.4. The predicted octanol–water partition coefficient (Wildman–Crippen LogP) is 4.70. The average molecular weight is 421 g/mol. The van der Waals surface area contributed by atoms with E-state index in [0.29, 0.717) is 5.56 Å². The van der Waals surface area contributed by atoms with Crippen LogP contribution in [0.25, 0.3) is 22.5 Å². The van der Waals surface area contributed by atoms with Crippen molar-refractivity contribution in [3.63, 3.8) is 0 Å². The Morgan fingerprint density at radius 1 is 0.931 bits per heavy atom. The molecule has 0 atom stereocenters. The lowest BCUT2D eigenvalue weighted by Gasteiger charge is -2.35. The van der Waals surface area contributed by atoms with E-state index in [1.807, 2.05) is 49.4 Å². The van der Waals surface area contributed by atoms with Gasteiger partial charge in [-0.25, -0.2) is 4.57 Å². The number of nitrogens with zero attached hydrogens (tertiary/aromatic N) is 2. The summed E-state index contributed by atoms with van der Waals surface area (Å²) in [6.07, 6.45) is 2.33. The Balaban J connectivity index is 1.99. The fourth-order valence-corrected chi connectivity index (χ4v) is 14.5. The van der Waals surface area contributed by atoms with E-state index in [1.165, 1.54) is 22.6 Å². The molecule has 0 radical (unpaired) electrons. The van der Waals surface area contributed by atoms with E-state index >= 15 is 0 Å². The van der Waals surface area contributed by atoms with E-state index in [2.05, 4.69) is 44.0 Å². The molecule has 0 unspecified atom stereocenters. The van der Waals surface area contributed by atoms with Gasteiger partial charge in [-0.15, -0.1) is 0 Å². The highest BCUT2D eigenvalue weighted by Crippen LogP contribution is 2.31. The van der Waals surface area contributed by atoms with Gasteiger partial charge in [-0.05, 0) is 42.1 Å². The summed E-state index contributed by atoms with van der Waals surface area (Å²) in [4.78, 5) is 5.34. The van der Waals surface area contributed by atoms with Gasteiger partial charge >= 0.3 is 5.82 Å². The summed E-state index contributed by atoms with van der Waals surface area (Å²) in [6, 6.07) is 16.3. The first-order valence-corrected chi connectivity index (χ1v) is 16.9. The molecule has 4 heteroatoms. The number of hydrogen-bond donors (Lipinski definition) is 0. The van der Waals surface area contributed by atoms with Gasteiger partial charge in [0.15, 0.2) is 0 Å². The third kappa shape index (κ3) is 3.53. The molecule has 0 aliphatic carbocycles. The third-order valence-corrected chi connectivity index (χ3v) is 13.8. The normalized spacial score (nSPS) is 19.0. The standard InChI is InChI=1S/C25H33N2Si2/c1-18-15-19(2)22(16-21(18)20-11-9-8-10-12-20)24-26-25-23(17-27(24)3)28(4,5)13-14-29(25,6)7/h8-12,15-17H,13-14H2,1-7H3/q+1/i1D3. The van der Waals surface area contributed by atoms with Gasteiger partial charge < -0.3 is 0 Å². The second kappa shape index (κ2) is 7.03. The molecule has 0 saturated carbocycles. The first-order valence-electron chi connectivity index (χ1n) is 11.9. The molecule has 29 heavy (non-hydrogen) atoms. The van der Waals surface area contributed by atoms with Crippen molar-refractivity contribution in [1.82, 2.24) is 4.98 Å². The highest BCUT2D eigenvalue weighted by atomic mass is 28.3. The van der Waals surface area contributed by atoms with Crippen LogP contribution < -0.4 is 15.1 Å². The van der Waals surface area contributed by atoms with Crippen LogP contribution in [0, 0.1) is 13.8 Å². The van der Waals surface area contributed by atoms with Gasteiger partial charge in [-0.1, -0.05) is 79.7 Å². The maximum absolute atomic E-state index is 8.12. The minimum Gasteiger partial charge on any atom is -0.233 e. The van der Waals surface area contributed by atoms with Crippen molar-refractivity contribution in [1.29, 1.82) is 0 Å². The number of aryl methyl sites for hydroxylation is 3. The summed E-state index contributed by atoms with van der Waals surface area (Å²) >= 11 is 0. The lowest BCUT2D eigenvalue weighted by atomic mass is 9.94. The van der Waals surface area contributed by atoms with Gasteiger partial charge in [0.25, 0.3) is 0 Å². The van der Waals surface area contributed by atoms with Crippen molar-refractivity contribution < 1.29 is 8.68 Å². The van der Waals surface area contributed by atoms with E-state index in [0.717, 1.165) is 28.1 Å². The highest BCUT2D eigenvalue weighted by Gasteiger charge is 2.45. The van der Waals surface area contributed by atoms with E-state index in [-0.39, 0.29) is 0 Å². The van der Waals surface area contributed by atoms with Crippen LogP contribution in [-0.4, -0.2) is 21.1 Å². The molecule has 2 nitrogen and oxygen atoms in total. The molecule has 150 valence electrons. The smallest absolute Gasteiger partial charge is 0.233 e. The van der Waals surface area contributed by atoms with Crippen LogP contribution in [0.4, 0.5) is 0 Å². The number of rotatable bonds is 2. The molecule has 1 aromatic heterocycles. The van der Waals surface area contributed by atoms with Gasteiger partial charge in [0.1, 0.15) is 13.4 Å². The summed E-state index contributed by atoms with van der Waals surface area (Å²) in [7, 11) is -1.01. The molecular formula is C25H33N2Si2+. The van der Waals surface area contributed by atoms with Crippen LogP contribution in [0.5, 0.6) is 0 Å². The zero-order chi connectivity index (χ0) is 23.5.